The maximum Gasteiger partial charge on any atom is 0.257 e. The molecule has 164 valence electrons. The first-order valence-corrected chi connectivity index (χ1v) is 10.9. The number of anilines is 1. The van der Waals surface area contributed by atoms with E-state index >= 15 is 0 Å². The zero-order valence-corrected chi connectivity index (χ0v) is 18.1. The second kappa shape index (κ2) is 8.53. The molecule has 2 aliphatic heterocycles. The molecule has 8 nitrogen and oxygen atoms in total. The van der Waals surface area contributed by atoms with E-state index in [1.165, 1.54) is 0 Å². The topological polar surface area (TPSA) is 87.5 Å². The molecule has 1 aromatic heterocycles. The minimum absolute atomic E-state index is 0.0169. The van der Waals surface area contributed by atoms with Gasteiger partial charge in [0.1, 0.15) is 11.5 Å². The Balaban J connectivity index is 1.31. The molecule has 4 rings (SSSR count). The smallest absolute Gasteiger partial charge is 0.257 e. The standard InChI is InChI=1S/C23H29N5O3/c1-17-24-13-16-26(17)14-6-12-25-20(29)9-5-15-27-22(31)18-7-3-4-8-19(18)28-21(30)10-11-23(27,28)2/h3-4,7-8,13,16H,5-6,9-12,14-15H2,1-2H3,(H,25,29). The lowest BCUT2D eigenvalue weighted by Gasteiger charge is -2.48. The van der Waals surface area contributed by atoms with Crippen molar-refractivity contribution in [1.82, 2.24) is 19.8 Å². The van der Waals surface area contributed by atoms with Gasteiger partial charge in [-0.15, -0.1) is 0 Å². The summed E-state index contributed by atoms with van der Waals surface area (Å²) in [5, 5.41) is 2.95. The van der Waals surface area contributed by atoms with E-state index in [0.717, 1.165) is 18.8 Å². The number of aromatic nitrogens is 2. The molecule has 0 saturated carbocycles. The lowest BCUT2D eigenvalue weighted by atomic mass is 9.98. The Hall–Kier alpha value is -3.16. The molecule has 2 aromatic rings. The van der Waals surface area contributed by atoms with Gasteiger partial charge in [-0.25, -0.2) is 4.98 Å². The molecule has 0 spiro atoms. The van der Waals surface area contributed by atoms with Gasteiger partial charge in [-0.05, 0) is 45.2 Å². The van der Waals surface area contributed by atoms with Crippen molar-refractivity contribution in [2.45, 2.75) is 58.2 Å². The Bertz CT molecular complexity index is 1000. The predicted molar refractivity (Wildman–Crippen MR) is 116 cm³/mol. The third-order valence-corrected chi connectivity index (χ3v) is 6.35. The maximum atomic E-state index is 13.2. The lowest BCUT2D eigenvalue weighted by Crippen LogP contribution is -2.62. The summed E-state index contributed by atoms with van der Waals surface area (Å²) < 4.78 is 2.06. The molecular weight excluding hydrogens is 394 g/mol. The fourth-order valence-corrected chi connectivity index (χ4v) is 4.64. The Kier molecular flexibility index (Phi) is 5.80. The van der Waals surface area contributed by atoms with Gasteiger partial charge in [0.15, 0.2) is 0 Å². The van der Waals surface area contributed by atoms with Crippen molar-refractivity contribution in [2.24, 2.45) is 0 Å². The van der Waals surface area contributed by atoms with Crippen LogP contribution in [0.25, 0.3) is 0 Å². The van der Waals surface area contributed by atoms with Gasteiger partial charge >= 0.3 is 0 Å². The molecule has 8 heteroatoms. The SMILES string of the molecule is Cc1nccn1CCCNC(=O)CCCN1C(=O)c2ccccc2N2C(=O)CCC12C. The van der Waals surface area contributed by atoms with Crippen molar-refractivity contribution in [3.8, 4) is 0 Å². The van der Waals surface area contributed by atoms with Crippen molar-refractivity contribution in [2.75, 3.05) is 18.0 Å². The summed E-state index contributed by atoms with van der Waals surface area (Å²) in [6, 6.07) is 7.28. The van der Waals surface area contributed by atoms with Crippen molar-refractivity contribution in [3.05, 3.63) is 48.0 Å². The number of nitrogens with one attached hydrogen (secondary N) is 1. The van der Waals surface area contributed by atoms with Gasteiger partial charge in [0.05, 0.1) is 11.3 Å². The Morgan fingerprint density at radius 2 is 2.00 bits per heavy atom. The van der Waals surface area contributed by atoms with Crippen LogP contribution in [0.5, 0.6) is 0 Å². The summed E-state index contributed by atoms with van der Waals surface area (Å²) in [6.45, 7) is 5.76. The number of benzene rings is 1. The van der Waals surface area contributed by atoms with Crippen LogP contribution in [0.3, 0.4) is 0 Å². The molecule has 1 N–H and O–H groups in total. The molecule has 3 heterocycles. The van der Waals surface area contributed by atoms with Gasteiger partial charge in [0, 0.05) is 44.9 Å². The number of fused-ring (bicyclic) bond motifs is 3. The number of imidazole rings is 1. The van der Waals surface area contributed by atoms with E-state index in [2.05, 4.69) is 14.9 Å². The van der Waals surface area contributed by atoms with Crippen LogP contribution in [-0.2, 0) is 16.1 Å². The summed E-state index contributed by atoms with van der Waals surface area (Å²) >= 11 is 0. The average Bonchev–Trinajstić information content (AvgIpc) is 3.30. The minimum Gasteiger partial charge on any atom is -0.356 e. The predicted octanol–water partition coefficient (Wildman–Crippen LogP) is 2.48. The highest BCUT2D eigenvalue weighted by Crippen LogP contribution is 2.43. The molecular formula is C23H29N5O3. The molecule has 3 amide bonds. The summed E-state index contributed by atoms with van der Waals surface area (Å²) in [4.78, 5) is 45.7. The number of aryl methyl sites for hydroxylation is 2. The van der Waals surface area contributed by atoms with E-state index in [-0.39, 0.29) is 17.7 Å². The van der Waals surface area contributed by atoms with E-state index < -0.39 is 5.66 Å². The summed E-state index contributed by atoms with van der Waals surface area (Å²) in [7, 11) is 0. The van der Waals surface area contributed by atoms with Crippen LogP contribution >= 0.6 is 0 Å². The lowest BCUT2D eigenvalue weighted by molar-refractivity contribution is -0.121. The summed E-state index contributed by atoms with van der Waals surface area (Å²) in [5.41, 5.74) is 0.580. The number of nitrogens with zero attached hydrogens (tertiary/aromatic N) is 4. The van der Waals surface area contributed by atoms with Gasteiger partial charge in [-0.1, -0.05) is 12.1 Å². The second-order valence-corrected chi connectivity index (χ2v) is 8.39. The van der Waals surface area contributed by atoms with Crippen LogP contribution in [0.1, 0.15) is 55.2 Å². The highest BCUT2D eigenvalue weighted by atomic mass is 16.2. The number of amides is 3. The Morgan fingerprint density at radius 3 is 2.77 bits per heavy atom. The van der Waals surface area contributed by atoms with Gasteiger partial charge in [0.25, 0.3) is 5.91 Å². The molecule has 1 fully saturated rings. The largest absolute Gasteiger partial charge is 0.356 e. The van der Waals surface area contributed by atoms with Gasteiger partial charge in [0.2, 0.25) is 11.8 Å². The molecule has 0 aliphatic carbocycles. The highest BCUT2D eigenvalue weighted by Gasteiger charge is 2.52. The summed E-state index contributed by atoms with van der Waals surface area (Å²) in [6.07, 6.45) is 6.46. The minimum atomic E-state index is -0.665. The first-order valence-electron chi connectivity index (χ1n) is 10.9. The molecule has 1 atom stereocenters. The van der Waals surface area contributed by atoms with E-state index in [4.69, 9.17) is 0 Å². The Morgan fingerprint density at radius 1 is 1.19 bits per heavy atom. The van der Waals surface area contributed by atoms with Crippen LogP contribution in [0.15, 0.2) is 36.7 Å². The number of hydrogen-bond donors (Lipinski definition) is 1. The number of hydrogen-bond acceptors (Lipinski definition) is 4. The maximum absolute atomic E-state index is 13.2. The molecule has 1 unspecified atom stereocenters. The van der Waals surface area contributed by atoms with E-state index in [1.54, 1.807) is 22.1 Å². The third-order valence-electron chi connectivity index (χ3n) is 6.35. The molecule has 0 radical (unpaired) electrons. The first-order chi connectivity index (χ1) is 14.9. The van der Waals surface area contributed by atoms with Crippen LogP contribution in [0.4, 0.5) is 5.69 Å². The molecule has 1 saturated heterocycles. The van der Waals surface area contributed by atoms with E-state index in [1.807, 2.05) is 38.2 Å². The molecule has 2 aliphatic rings. The fraction of sp³-hybridized carbons (Fsp3) is 0.478. The zero-order chi connectivity index (χ0) is 22.0. The molecule has 31 heavy (non-hydrogen) atoms. The van der Waals surface area contributed by atoms with Gasteiger partial charge in [-0.2, -0.15) is 0 Å². The average molecular weight is 424 g/mol. The number of rotatable bonds is 8. The Labute approximate surface area is 182 Å². The van der Waals surface area contributed by atoms with Crippen molar-refractivity contribution in [1.29, 1.82) is 0 Å². The third kappa shape index (κ3) is 3.94. The van der Waals surface area contributed by atoms with Crippen LogP contribution in [0.2, 0.25) is 0 Å². The monoisotopic (exact) mass is 423 g/mol. The van der Waals surface area contributed by atoms with Gasteiger partial charge < -0.3 is 14.8 Å². The van der Waals surface area contributed by atoms with Crippen molar-refractivity contribution >= 4 is 23.4 Å². The highest BCUT2D eigenvalue weighted by molar-refractivity contribution is 6.10. The van der Waals surface area contributed by atoms with E-state index in [0.29, 0.717) is 50.0 Å². The number of para-hydroxylation sites is 1. The second-order valence-electron chi connectivity index (χ2n) is 8.39. The quantitative estimate of drug-likeness (QED) is 0.661. The molecule has 0 bridgehead atoms. The number of carbonyl (C=O) groups is 3. The van der Waals surface area contributed by atoms with Crippen molar-refractivity contribution < 1.29 is 14.4 Å². The van der Waals surface area contributed by atoms with Crippen LogP contribution in [-0.4, -0.2) is 50.9 Å². The first kappa shape index (κ1) is 21.1. The zero-order valence-electron chi connectivity index (χ0n) is 18.1. The van der Waals surface area contributed by atoms with Crippen molar-refractivity contribution in [3.63, 3.8) is 0 Å². The molecule has 1 aromatic carbocycles. The van der Waals surface area contributed by atoms with Crippen LogP contribution in [0, 0.1) is 6.92 Å². The fourth-order valence-electron chi connectivity index (χ4n) is 4.64. The van der Waals surface area contributed by atoms with Crippen LogP contribution < -0.4 is 10.2 Å². The number of carbonyl (C=O) groups excluding carboxylic acids is 3. The van der Waals surface area contributed by atoms with Gasteiger partial charge in [-0.3, -0.25) is 19.3 Å². The van der Waals surface area contributed by atoms with E-state index in [9.17, 15) is 14.4 Å². The summed E-state index contributed by atoms with van der Waals surface area (Å²) in [5.74, 6) is 0.919. The normalized spacial score (nSPS) is 20.1.